The third-order valence-corrected chi connectivity index (χ3v) is 7.56. The minimum absolute atomic E-state index is 0.0473. The van der Waals surface area contributed by atoms with Crippen LogP contribution in [0.3, 0.4) is 0 Å². The van der Waals surface area contributed by atoms with Crippen molar-refractivity contribution in [2.24, 2.45) is 0 Å². The second-order valence-corrected chi connectivity index (χ2v) is 9.88. The highest BCUT2D eigenvalue weighted by atomic mass is 16.6. The van der Waals surface area contributed by atoms with Crippen LogP contribution in [0.5, 0.6) is 17.2 Å². The summed E-state index contributed by atoms with van der Waals surface area (Å²) in [6.07, 6.45) is 1.39. The number of hydrogen-bond acceptors (Lipinski definition) is 8. The number of hydrogen-bond donors (Lipinski definition) is 0. The molecule has 2 aromatic carbocycles. The predicted molar refractivity (Wildman–Crippen MR) is 159 cm³/mol. The number of nitrogens with zero attached hydrogens (tertiary/aromatic N) is 4. The highest BCUT2D eigenvalue weighted by molar-refractivity contribution is 5.96. The van der Waals surface area contributed by atoms with Gasteiger partial charge in [-0.2, -0.15) is 0 Å². The Morgan fingerprint density at radius 2 is 1.60 bits per heavy atom. The zero-order chi connectivity index (χ0) is 30.1. The van der Waals surface area contributed by atoms with Gasteiger partial charge in [0.05, 0.1) is 39.1 Å². The first-order chi connectivity index (χ1) is 20.4. The maximum Gasteiger partial charge on any atom is 0.409 e. The molecular formula is C32H40N4O6. The summed E-state index contributed by atoms with van der Waals surface area (Å²) >= 11 is 0. The molecule has 0 aliphatic carbocycles. The van der Waals surface area contributed by atoms with E-state index in [9.17, 15) is 9.59 Å². The SMILES string of the molecule is CCN(CC)C(=O)OCC1CN(C(c2ccccc2)c2ccccn2)CCN1C(=O)c1cc(OC)c(OC)c(OC)c1. The van der Waals surface area contributed by atoms with E-state index in [0.717, 1.165) is 11.3 Å². The summed E-state index contributed by atoms with van der Waals surface area (Å²) < 4.78 is 22.2. The second kappa shape index (κ2) is 14.5. The third-order valence-electron chi connectivity index (χ3n) is 7.56. The number of amides is 2. The molecule has 0 bridgehead atoms. The standard InChI is InChI=1S/C32H40N4O6/c1-6-34(7-2)32(38)42-22-25-21-35(29(23-13-9-8-10-14-23)26-15-11-12-16-33-26)17-18-36(25)31(37)24-19-27(39-3)30(41-5)28(20-24)40-4/h8-16,19-20,25,29H,6-7,17-18,21-22H2,1-5H3. The number of benzene rings is 2. The lowest BCUT2D eigenvalue weighted by molar-refractivity contribution is 0.0123. The van der Waals surface area contributed by atoms with E-state index in [1.54, 1.807) is 28.1 Å². The van der Waals surface area contributed by atoms with Gasteiger partial charge in [0.2, 0.25) is 5.75 Å². The van der Waals surface area contributed by atoms with Crippen LogP contribution in [0, 0.1) is 0 Å². The molecule has 42 heavy (non-hydrogen) atoms. The number of ether oxygens (including phenoxy) is 4. The first kappa shape index (κ1) is 30.6. The molecule has 4 rings (SSSR count). The van der Waals surface area contributed by atoms with Gasteiger partial charge in [-0.1, -0.05) is 36.4 Å². The number of methoxy groups -OCH3 is 3. The highest BCUT2D eigenvalue weighted by Gasteiger charge is 2.37. The second-order valence-electron chi connectivity index (χ2n) is 9.88. The zero-order valence-electron chi connectivity index (χ0n) is 25.0. The third kappa shape index (κ3) is 6.76. The molecular weight excluding hydrogens is 536 g/mol. The maximum atomic E-state index is 14.0. The van der Waals surface area contributed by atoms with Crippen LogP contribution in [0.1, 0.15) is 41.5 Å². The van der Waals surface area contributed by atoms with Crippen LogP contribution in [-0.2, 0) is 4.74 Å². The molecule has 1 saturated heterocycles. The zero-order valence-corrected chi connectivity index (χ0v) is 25.0. The van der Waals surface area contributed by atoms with Crippen molar-refractivity contribution < 1.29 is 28.5 Å². The van der Waals surface area contributed by atoms with Crippen molar-refractivity contribution in [3.8, 4) is 17.2 Å². The van der Waals surface area contributed by atoms with E-state index in [1.165, 1.54) is 21.3 Å². The fourth-order valence-electron chi connectivity index (χ4n) is 5.38. The van der Waals surface area contributed by atoms with E-state index in [1.807, 2.05) is 50.2 Å². The fourth-order valence-corrected chi connectivity index (χ4v) is 5.38. The van der Waals surface area contributed by atoms with Gasteiger partial charge >= 0.3 is 6.09 Å². The van der Waals surface area contributed by atoms with Crippen LogP contribution in [-0.4, -0.2) is 98.4 Å². The van der Waals surface area contributed by atoms with Gasteiger partial charge in [-0.25, -0.2) is 4.79 Å². The number of rotatable bonds is 11. The van der Waals surface area contributed by atoms with Crippen molar-refractivity contribution in [3.05, 3.63) is 83.7 Å². The highest BCUT2D eigenvalue weighted by Crippen LogP contribution is 2.39. The van der Waals surface area contributed by atoms with E-state index < -0.39 is 12.1 Å². The normalized spacial score (nSPS) is 15.9. The molecule has 2 amide bonds. The largest absolute Gasteiger partial charge is 0.493 e. The number of aromatic nitrogens is 1. The monoisotopic (exact) mass is 576 g/mol. The van der Waals surface area contributed by atoms with Gasteiger partial charge in [-0.15, -0.1) is 0 Å². The molecule has 0 radical (unpaired) electrons. The van der Waals surface area contributed by atoms with Crippen molar-refractivity contribution in [2.75, 3.05) is 60.7 Å². The van der Waals surface area contributed by atoms with E-state index in [4.69, 9.17) is 18.9 Å². The Bertz CT molecular complexity index is 1250. The van der Waals surface area contributed by atoms with Gasteiger partial charge in [0.25, 0.3) is 5.91 Å². The van der Waals surface area contributed by atoms with Crippen LogP contribution in [0.25, 0.3) is 0 Å². The Morgan fingerprint density at radius 1 is 0.929 bits per heavy atom. The van der Waals surface area contributed by atoms with Gasteiger partial charge in [0.1, 0.15) is 6.61 Å². The van der Waals surface area contributed by atoms with E-state index >= 15 is 0 Å². The van der Waals surface area contributed by atoms with Crippen LogP contribution in [0.4, 0.5) is 4.79 Å². The molecule has 0 N–H and O–H groups in total. The quantitative estimate of drug-likeness (QED) is 0.330. The van der Waals surface area contributed by atoms with E-state index in [0.29, 0.717) is 55.5 Å². The molecule has 1 aliphatic heterocycles. The Balaban J connectivity index is 1.67. The summed E-state index contributed by atoms with van der Waals surface area (Å²) in [7, 11) is 4.55. The summed E-state index contributed by atoms with van der Waals surface area (Å²) in [4.78, 5) is 37.2. The first-order valence-corrected chi connectivity index (χ1v) is 14.2. The molecule has 2 atom stereocenters. The molecule has 1 aliphatic rings. The topological polar surface area (TPSA) is 93.7 Å². The molecule has 10 heteroatoms. The number of pyridine rings is 1. The average molecular weight is 577 g/mol. The lowest BCUT2D eigenvalue weighted by atomic mass is 9.98. The van der Waals surface area contributed by atoms with Crippen molar-refractivity contribution in [3.63, 3.8) is 0 Å². The van der Waals surface area contributed by atoms with Gasteiger partial charge < -0.3 is 28.7 Å². The molecule has 0 saturated carbocycles. The van der Waals surface area contributed by atoms with Crippen LogP contribution in [0.15, 0.2) is 66.9 Å². The van der Waals surface area contributed by atoms with Gasteiger partial charge in [-0.3, -0.25) is 14.7 Å². The fraction of sp³-hybridized carbons (Fsp3) is 0.406. The predicted octanol–water partition coefficient (Wildman–Crippen LogP) is 4.50. The molecule has 1 fully saturated rings. The maximum absolute atomic E-state index is 14.0. The Hall–Kier alpha value is -4.31. The van der Waals surface area contributed by atoms with Crippen molar-refractivity contribution in [1.29, 1.82) is 0 Å². The molecule has 2 unspecified atom stereocenters. The minimum Gasteiger partial charge on any atom is -0.493 e. The van der Waals surface area contributed by atoms with E-state index in [2.05, 4.69) is 22.0 Å². The molecule has 3 aromatic rings. The number of carbonyl (C=O) groups excluding carboxylic acids is 2. The molecule has 1 aromatic heterocycles. The molecule has 2 heterocycles. The van der Waals surface area contributed by atoms with Gasteiger partial charge in [0.15, 0.2) is 11.5 Å². The summed E-state index contributed by atoms with van der Waals surface area (Å²) in [5.41, 5.74) is 2.40. The van der Waals surface area contributed by atoms with Crippen molar-refractivity contribution in [2.45, 2.75) is 25.9 Å². The summed E-state index contributed by atoms with van der Waals surface area (Å²) in [5, 5.41) is 0. The van der Waals surface area contributed by atoms with Crippen molar-refractivity contribution in [1.82, 2.24) is 19.7 Å². The van der Waals surface area contributed by atoms with Gasteiger partial charge in [-0.05, 0) is 43.7 Å². The lowest BCUT2D eigenvalue weighted by Gasteiger charge is -2.44. The first-order valence-electron chi connectivity index (χ1n) is 14.2. The van der Waals surface area contributed by atoms with Crippen LogP contribution in [0.2, 0.25) is 0 Å². The Morgan fingerprint density at radius 3 is 2.17 bits per heavy atom. The van der Waals surface area contributed by atoms with Crippen LogP contribution < -0.4 is 14.2 Å². The summed E-state index contributed by atoms with van der Waals surface area (Å²) in [6, 6.07) is 18.8. The number of piperazine rings is 1. The van der Waals surface area contributed by atoms with Crippen molar-refractivity contribution >= 4 is 12.0 Å². The minimum atomic E-state index is -0.417. The summed E-state index contributed by atoms with van der Waals surface area (Å²) in [6.45, 7) is 6.41. The molecule has 10 nitrogen and oxygen atoms in total. The lowest BCUT2D eigenvalue weighted by Crippen LogP contribution is -2.58. The number of carbonyl (C=O) groups is 2. The smallest absolute Gasteiger partial charge is 0.409 e. The van der Waals surface area contributed by atoms with E-state index in [-0.39, 0.29) is 18.6 Å². The Labute approximate surface area is 247 Å². The Kier molecular flexibility index (Phi) is 10.6. The molecule has 224 valence electrons. The van der Waals surface area contributed by atoms with Gasteiger partial charge in [0, 0.05) is 44.5 Å². The average Bonchev–Trinajstić information content (AvgIpc) is 3.04. The molecule has 0 spiro atoms. The van der Waals surface area contributed by atoms with Crippen LogP contribution >= 0.6 is 0 Å². The summed E-state index contributed by atoms with van der Waals surface area (Å²) in [5.74, 6) is 0.976.